The first-order chi connectivity index (χ1) is 8.31. The highest BCUT2D eigenvalue weighted by atomic mass is 35.5. The maximum Gasteiger partial charge on any atom is 0.108 e. The number of aromatic nitrogens is 1. The van der Waals surface area contributed by atoms with Crippen LogP contribution < -0.4 is 5.32 Å². The van der Waals surface area contributed by atoms with Crippen LogP contribution in [0, 0.1) is 0 Å². The number of para-hydroxylation sites is 1. The van der Waals surface area contributed by atoms with Gasteiger partial charge in [-0.3, -0.25) is 4.90 Å². The molecule has 1 N–H and O–H groups in total. The van der Waals surface area contributed by atoms with Crippen molar-refractivity contribution in [2.45, 2.75) is 19.5 Å². The van der Waals surface area contributed by atoms with Crippen LogP contribution in [0.4, 0.5) is 0 Å². The van der Waals surface area contributed by atoms with E-state index in [0.29, 0.717) is 6.04 Å². The zero-order valence-corrected chi connectivity index (χ0v) is 12.1. The van der Waals surface area contributed by atoms with E-state index >= 15 is 0 Å². The van der Waals surface area contributed by atoms with Crippen molar-refractivity contribution in [1.29, 1.82) is 0 Å². The molecule has 2 heterocycles. The fourth-order valence-corrected chi connectivity index (χ4v) is 3.34. The Bertz CT molecular complexity index is 481. The van der Waals surface area contributed by atoms with Crippen molar-refractivity contribution < 1.29 is 0 Å². The Morgan fingerprint density at radius 3 is 3.06 bits per heavy atom. The van der Waals surface area contributed by atoms with E-state index in [-0.39, 0.29) is 12.4 Å². The van der Waals surface area contributed by atoms with Crippen LogP contribution in [0.3, 0.4) is 0 Å². The van der Waals surface area contributed by atoms with Crippen LogP contribution in [0.15, 0.2) is 24.3 Å². The minimum Gasteiger partial charge on any atom is -0.312 e. The lowest BCUT2D eigenvalue weighted by Gasteiger charge is -2.31. The third-order valence-corrected chi connectivity index (χ3v) is 4.17. The van der Waals surface area contributed by atoms with E-state index in [1.165, 1.54) is 9.71 Å². The van der Waals surface area contributed by atoms with Crippen molar-refractivity contribution in [3.05, 3.63) is 29.3 Å². The van der Waals surface area contributed by atoms with Gasteiger partial charge in [0.1, 0.15) is 5.01 Å². The van der Waals surface area contributed by atoms with Crippen LogP contribution >= 0.6 is 23.7 Å². The molecule has 0 radical (unpaired) electrons. The highest BCUT2D eigenvalue weighted by molar-refractivity contribution is 7.18. The van der Waals surface area contributed by atoms with Crippen molar-refractivity contribution in [3.8, 4) is 0 Å². The molecule has 1 aromatic carbocycles. The number of nitrogens with zero attached hydrogens (tertiary/aromatic N) is 2. The highest BCUT2D eigenvalue weighted by Crippen LogP contribution is 2.22. The third kappa shape index (κ3) is 3.01. The third-order valence-electron chi connectivity index (χ3n) is 3.15. The van der Waals surface area contributed by atoms with Crippen molar-refractivity contribution in [2.75, 3.05) is 19.6 Å². The Kier molecular flexibility index (Phi) is 4.56. The molecule has 0 aliphatic carbocycles. The van der Waals surface area contributed by atoms with Gasteiger partial charge in [-0.2, -0.15) is 0 Å². The van der Waals surface area contributed by atoms with Crippen molar-refractivity contribution in [3.63, 3.8) is 0 Å². The topological polar surface area (TPSA) is 28.2 Å². The van der Waals surface area contributed by atoms with Gasteiger partial charge in [-0.25, -0.2) is 4.98 Å². The lowest BCUT2D eigenvalue weighted by atomic mass is 10.2. The number of piperazine rings is 1. The number of thiazole rings is 1. The van der Waals surface area contributed by atoms with Crippen molar-refractivity contribution in [2.24, 2.45) is 0 Å². The summed E-state index contributed by atoms with van der Waals surface area (Å²) in [5, 5.41) is 4.70. The number of rotatable bonds is 2. The number of halogens is 1. The normalized spacial score (nSPS) is 20.8. The molecule has 0 spiro atoms. The second-order valence-corrected chi connectivity index (χ2v) is 5.78. The van der Waals surface area contributed by atoms with Gasteiger partial charge in [0.2, 0.25) is 0 Å². The summed E-state index contributed by atoms with van der Waals surface area (Å²) in [4.78, 5) is 7.17. The van der Waals surface area contributed by atoms with Gasteiger partial charge in [-0.05, 0) is 19.1 Å². The first-order valence-electron chi connectivity index (χ1n) is 6.11. The summed E-state index contributed by atoms with van der Waals surface area (Å²) in [6, 6.07) is 8.97. The monoisotopic (exact) mass is 283 g/mol. The van der Waals surface area contributed by atoms with Gasteiger partial charge in [-0.15, -0.1) is 23.7 Å². The molecule has 1 aromatic heterocycles. The summed E-state index contributed by atoms with van der Waals surface area (Å²) in [5.74, 6) is 0. The predicted molar refractivity (Wildman–Crippen MR) is 79.6 cm³/mol. The second-order valence-electron chi connectivity index (χ2n) is 4.67. The molecule has 3 rings (SSSR count). The fourth-order valence-electron chi connectivity index (χ4n) is 2.33. The molecule has 3 nitrogen and oxygen atoms in total. The molecule has 98 valence electrons. The molecule has 0 amide bonds. The quantitative estimate of drug-likeness (QED) is 0.918. The molecule has 5 heteroatoms. The van der Waals surface area contributed by atoms with E-state index in [2.05, 4.69) is 46.4 Å². The molecule has 1 aliphatic heterocycles. The van der Waals surface area contributed by atoms with Gasteiger partial charge in [0.25, 0.3) is 0 Å². The smallest absolute Gasteiger partial charge is 0.108 e. The summed E-state index contributed by atoms with van der Waals surface area (Å²) in [6.45, 7) is 6.57. The van der Waals surface area contributed by atoms with E-state index < -0.39 is 0 Å². The standard InChI is InChI=1S/C13H17N3S.ClH/c1-10-8-16(7-6-14-10)9-13-15-11-4-2-3-5-12(11)17-13;/h2-5,10,14H,6-9H2,1H3;1H/t10-;/m1./s1. The first kappa shape index (κ1) is 13.7. The summed E-state index contributed by atoms with van der Waals surface area (Å²) in [6.07, 6.45) is 0. The molecule has 1 atom stereocenters. The maximum atomic E-state index is 4.69. The number of benzene rings is 1. The van der Waals surface area contributed by atoms with Gasteiger partial charge in [0.15, 0.2) is 0 Å². The van der Waals surface area contributed by atoms with Crippen LogP contribution in [0.2, 0.25) is 0 Å². The minimum atomic E-state index is 0. The van der Waals surface area contributed by atoms with E-state index in [9.17, 15) is 0 Å². The Morgan fingerprint density at radius 2 is 2.28 bits per heavy atom. The zero-order valence-electron chi connectivity index (χ0n) is 10.4. The SMILES string of the molecule is C[C@@H]1CN(Cc2nc3ccccc3s2)CCN1.Cl. The lowest BCUT2D eigenvalue weighted by Crippen LogP contribution is -2.48. The van der Waals surface area contributed by atoms with Crippen LogP contribution in [0.5, 0.6) is 0 Å². The molecule has 1 saturated heterocycles. The highest BCUT2D eigenvalue weighted by Gasteiger charge is 2.16. The van der Waals surface area contributed by atoms with Crippen molar-refractivity contribution >= 4 is 34.0 Å². The predicted octanol–water partition coefficient (Wildman–Crippen LogP) is 2.51. The van der Waals surface area contributed by atoms with E-state index in [0.717, 1.165) is 31.7 Å². The Morgan fingerprint density at radius 1 is 1.44 bits per heavy atom. The van der Waals surface area contributed by atoms with Gasteiger partial charge < -0.3 is 5.32 Å². The maximum absolute atomic E-state index is 4.69. The largest absolute Gasteiger partial charge is 0.312 e. The zero-order chi connectivity index (χ0) is 11.7. The van der Waals surface area contributed by atoms with Gasteiger partial charge in [0, 0.05) is 25.7 Å². The molecule has 2 aromatic rings. The van der Waals surface area contributed by atoms with Gasteiger partial charge in [-0.1, -0.05) is 12.1 Å². The number of fused-ring (bicyclic) bond motifs is 1. The molecule has 0 saturated carbocycles. The average Bonchev–Trinajstić information content (AvgIpc) is 2.71. The number of nitrogens with one attached hydrogen (secondary N) is 1. The van der Waals surface area contributed by atoms with E-state index in [4.69, 9.17) is 0 Å². The lowest BCUT2D eigenvalue weighted by molar-refractivity contribution is 0.199. The van der Waals surface area contributed by atoms with Gasteiger partial charge in [0.05, 0.1) is 16.8 Å². The summed E-state index contributed by atoms with van der Waals surface area (Å²) < 4.78 is 1.30. The van der Waals surface area contributed by atoms with Crippen molar-refractivity contribution in [1.82, 2.24) is 15.2 Å². The molecule has 0 bridgehead atoms. The Balaban J connectivity index is 0.00000120. The summed E-state index contributed by atoms with van der Waals surface area (Å²) in [5.41, 5.74) is 1.13. The second kappa shape index (κ2) is 5.97. The van der Waals surface area contributed by atoms with Crippen LogP contribution in [-0.2, 0) is 6.54 Å². The molecule has 18 heavy (non-hydrogen) atoms. The van der Waals surface area contributed by atoms with Crippen LogP contribution in [0.1, 0.15) is 11.9 Å². The molecule has 0 unspecified atom stereocenters. The van der Waals surface area contributed by atoms with Crippen LogP contribution in [-0.4, -0.2) is 35.6 Å². The molecular weight excluding hydrogens is 266 g/mol. The summed E-state index contributed by atoms with van der Waals surface area (Å²) >= 11 is 1.82. The Labute approximate surface area is 118 Å². The average molecular weight is 284 g/mol. The van der Waals surface area contributed by atoms with E-state index in [1.807, 2.05) is 11.3 Å². The molecule has 1 fully saturated rings. The number of hydrogen-bond donors (Lipinski definition) is 1. The molecule has 1 aliphatic rings. The number of hydrogen-bond acceptors (Lipinski definition) is 4. The first-order valence-corrected chi connectivity index (χ1v) is 6.93. The molecular formula is C13H18ClN3S. The minimum absolute atomic E-state index is 0. The summed E-state index contributed by atoms with van der Waals surface area (Å²) in [7, 11) is 0. The van der Waals surface area contributed by atoms with E-state index in [1.54, 1.807) is 0 Å². The van der Waals surface area contributed by atoms with Crippen LogP contribution in [0.25, 0.3) is 10.2 Å². The van der Waals surface area contributed by atoms with Gasteiger partial charge >= 0.3 is 0 Å². The Hall–Kier alpha value is -0.680. The fraction of sp³-hybridized carbons (Fsp3) is 0.462.